The summed E-state index contributed by atoms with van der Waals surface area (Å²) in [4.78, 5) is 12.5. The first kappa shape index (κ1) is 18.0. The number of aryl methyl sites for hydroxylation is 2. The van der Waals surface area contributed by atoms with Crippen LogP contribution in [0.15, 0.2) is 48.5 Å². The van der Waals surface area contributed by atoms with Gasteiger partial charge in [0.15, 0.2) is 0 Å². The number of carbonyl (C=O) groups is 1. The molecule has 0 spiro atoms. The maximum absolute atomic E-state index is 12.9. The van der Waals surface area contributed by atoms with E-state index in [2.05, 4.69) is 5.32 Å². The van der Waals surface area contributed by atoms with E-state index in [1.54, 1.807) is 25.1 Å². The summed E-state index contributed by atoms with van der Waals surface area (Å²) in [7, 11) is 1.92. The molecule has 0 aliphatic rings. The van der Waals surface area contributed by atoms with Crippen molar-refractivity contribution in [3.63, 3.8) is 0 Å². The fourth-order valence-electron chi connectivity index (χ4n) is 2.96. The van der Waals surface area contributed by atoms with E-state index in [9.17, 15) is 18.0 Å². The molecule has 0 fully saturated rings. The lowest BCUT2D eigenvalue weighted by molar-refractivity contribution is -0.137. The van der Waals surface area contributed by atoms with Crippen LogP contribution in [0.4, 0.5) is 13.2 Å². The summed E-state index contributed by atoms with van der Waals surface area (Å²) in [6, 6.07) is 11.9. The van der Waals surface area contributed by atoms with Gasteiger partial charge in [-0.25, -0.2) is 0 Å². The molecule has 3 rings (SSSR count). The second-order valence-electron chi connectivity index (χ2n) is 6.44. The van der Waals surface area contributed by atoms with Crippen LogP contribution >= 0.6 is 0 Å². The maximum Gasteiger partial charge on any atom is 0.416 e. The Balaban J connectivity index is 1.82. The van der Waals surface area contributed by atoms with E-state index in [0.717, 1.165) is 28.7 Å². The third kappa shape index (κ3) is 3.45. The van der Waals surface area contributed by atoms with Crippen LogP contribution < -0.4 is 5.32 Å². The Bertz CT molecular complexity index is 973. The number of hydrogen-bond acceptors (Lipinski definition) is 1. The first-order chi connectivity index (χ1) is 12.2. The molecule has 6 heteroatoms. The van der Waals surface area contributed by atoms with Gasteiger partial charge < -0.3 is 9.88 Å². The number of amides is 1. The van der Waals surface area contributed by atoms with E-state index < -0.39 is 17.8 Å². The van der Waals surface area contributed by atoms with Crippen LogP contribution in [-0.4, -0.2) is 10.5 Å². The van der Waals surface area contributed by atoms with E-state index in [0.29, 0.717) is 11.1 Å². The fraction of sp³-hybridized carbons (Fsp3) is 0.250. The molecule has 0 saturated heterocycles. The first-order valence-electron chi connectivity index (χ1n) is 8.21. The van der Waals surface area contributed by atoms with Crippen LogP contribution in [0.1, 0.15) is 40.1 Å². The molecule has 2 aromatic carbocycles. The lowest BCUT2D eigenvalue weighted by Crippen LogP contribution is -2.26. The van der Waals surface area contributed by atoms with Crippen molar-refractivity contribution in [1.29, 1.82) is 0 Å². The van der Waals surface area contributed by atoms with E-state index >= 15 is 0 Å². The number of hydrogen-bond donors (Lipinski definition) is 1. The lowest BCUT2D eigenvalue weighted by atomic mass is 10.0. The lowest BCUT2D eigenvalue weighted by Gasteiger charge is -2.16. The average molecular weight is 360 g/mol. The van der Waals surface area contributed by atoms with Crippen molar-refractivity contribution in [2.45, 2.75) is 26.1 Å². The maximum atomic E-state index is 12.9. The second-order valence-corrected chi connectivity index (χ2v) is 6.44. The van der Waals surface area contributed by atoms with Crippen molar-refractivity contribution in [1.82, 2.24) is 9.88 Å². The SMILES string of the molecule is Cc1cc2ccc(C(=O)N[C@@H](C)c3cccc(C(F)(F)F)c3)cc2n1C. The third-order valence-electron chi connectivity index (χ3n) is 4.61. The number of rotatable bonds is 3. The fourth-order valence-corrected chi connectivity index (χ4v) is 2.96. The summed E-state index contributed by atoms with van der Waals surface area (Å²) in [6.07, 6.45) is -4.41. The molecule has 0 saturated carbocycles. The molecule has 0 radical (unpaired) electrons. The summed E-state index contributed by atoms with van der Waals surface area (Å²) < 4.78 is 40.6. The van der Waals surface area contributed by atoms with Gasteiger partial charge in [-0.3, -0.25) is 4.79 Å². The predicted octanol–water partition coefficient (Wildman–Crippen LogP) is 5.00. The molecule has 136 valence electrons. The highest BCUT2D eigenvalue weighted by molar-refractivity contribution is 5.98. The van der Waals surface area contributed by atoms with Crippen molar-refractivity contribution < 1.29 is 18.0 Å². The third-order valence-corrected chi connectivity index (χ3v) is 4.61. The Morgan fingerprint density at radius 1 is 1.12 bits per heavy atom. The van der Waals surface area contributed by atoms with E-state index in [1.807, 2.05) is 30.7 Å². The van der Waals surface area contributed by atoms with Crippen molar-refractivity contribution in [2.75, 3.05) is 0 Å². The molecule has 0 aliphatic heterocycles. The highest BCUT2D eigenvalue weighted by Gasteiger charge is 2.30. The highest BCUT2D eigenvalue weighted by Crippen LogP contribution is 2.30. The predicted molar refractivity (Wildman–Crippen MR) is 95.0 cm³/mol. The van der Waals surface area contributed by atoms with Gasteiger partial charge in [-0.05, 0) is 55.1 Å². The molecule has 1 atom stereocenters. The number of aromatic nitrogens is 1. The standard InChI is InChI=1S/C20H19F3N2O/c1-12-9-15-7-8-16(11-18(15)25(12)3)19(26)24-13(2)14-5-4-6-17(10-14)20(21,22)23/h4-11,13H,1-3H3,(H,24,26)/t13-/m0/s1. The van der Waals surface area contributed by atoms with Crippen LogP contribution in [0.3, 0.4) is 0 Å². The largest absolute Gasteiger partial charge is 0.416 e. The first-order valence-corrected chi connectivity index (χ1v) is 8.21. The molecule has 1 N–H and O–H groups in total. The number of alkyl halides is 3. The average Bonchev–Trinajstić information content (AvgIpc) is 2.88. The zero-order valence-electron chi connectivity index (χ0n) is 14.7. The smallest absolute Gasteiger partial charge is 0.348 e. The van der Waals surface area contributed by atoms with Gasteiger partial charge in [0.25, 0.3) is 5.91 Å². The summed E-state index contributed by atoms with van der Waals surface area (Å²) in [6.45, 7) is 3.65. The monoisotopic (exact) mass is 360 g/mol. The number of nitrogens with zero attached hydrogens (tertiary/aromatic N) is 1. The normalized spacial score (nSPS) is 13.0. The number of fused-ring (bicyclic) bond motifs is 1. The van der Waals surface area contributed by atoms with Crippen LogP contribution in [0.2, 0.25) is 0 Å². The van der Waals surface area contributed by atoms with Crippen molar-refractivity contribution in [2.24, 2.45) is 7.05 Å². The van der Waals surface area contributed by atoms with Gasteiger partial charge in [0.05, 0.1) is 11.6 Å². The Labute approximate surface area is 149 Å². The minimum atomic E-state index is -4.41. The van der Waals surface area contributed by atoms with Crippen molar-refractivity contribution in [3.05, 3.63) is 70.9 Å². The molecule has 0 unspecified atom stereocenters. The molecule has 1 heterocycles. The van der Waals surface area contributed by atoms with Crippen molar-refractivity contribution >= 4 is 16.8 Å². The molecule has 0 aliphatic carbocycles. The van der Waals surface area contributed by atoms with Gasteiger partial charge in [-0.1, -0.05) is 18.2 Å². The van der Waals surface area contributed by atoms with Gasteiger partial charge in [0, 0.05) is 23.8 Å². The topological polar surface area (TPSA) is 34.0 Å². The number of nitrogens with one attached hydrogen (secondary N) is 1. The summed E-state index contributed by atoms with van der Waals surface area (Å²) in [5, 5.41) is 3.80. The van der Waals surface area contributed by atoms with E-state index in [1.165, 1.54) is 6.07 Å². The minimum absolute atomic E-state index is 0.323. The van der Waals surface area contributed by atoms with Gasteiger partial charge in [-0.15, -0.1) is 0 Å². The molecular formula is C20H19F3N2O. The van der Waals surface area contributed by atoms with Crippen LogP contribution in [0.25, 0.3) is 10.9 Å². The molecule has 3 aromatic rings. The zero-order valence-corrected chi connectivity index (χ0v) is 14.7. The van der Waals surface area contributed by atoms with E-state index in [4.69, 9.17) is 0 Å². The second kappa shape index (κ2) is 6.52. The Morgan fingerprint density at radius 3 is 2.54 bits per heavy atom. The Morgan fingerprint density at radius 2 is 1.85 bits per heavy atom. The number of halogens is 3. The van der Waals surface area contributed by atoms with Gasteiger partial charge in [0.1, 0.15) is 0 Å². The summed E-state index contributed by atoms with van der Waals surface area (Å²) >= 11 is 0. The zero-order chi connectivity index (χ0) is 19.1. The quantitative estimate of drug-likeness (QED) is 0.701. The van der Waals surface area contributed by atoms with Gasteiger partial charge in [0.2, 0.25) is 0 Å². The van der Waals surface area contributed by atoms with Crippen LogP contribution in [0.5, 0.6) is 0 Å². The van der Waals surface area contributed by atoms with E-state index in [-0.39, 0.29) is 5.91 Å². The van der Waals surface area contributed by atoms with Crippen molar-refractivity contribution in [3.8, 4) is 0 Å². The molecule has 1 aromatic heterocycles. The summed E-state index contributed by atoms with van der Waals surface area (Å²) in [5.41, 5.74) is 2.16. The Hall–Kier alpha value is -2.76. The summed E-state index contributed by atoms with van der Waals surface area (Å²) in [5.74, 6) is -0.323. The number of carbonyl (C=O) groups excluding carboxylic acids is 1. The molecule has 26 heavy (non-hydrogen) atoms. The highest BCUT2D eigenvalue weighted by atomic mass is 19.4. The van der Waals surface area contributed by atoms with Gasteiger partial charge in [-0.2, -0.15) is 13.2 Å². The molecule has 0 bridgehead atoms. The molecule has 3 nitrogen and oxygen atoms in total. The minimum Gasteiger partial charge on any atom is -0.348 e. The molecular weight excluding hydrogens is 341 g/mol. The van der Waals surface area contributed by atoms with Crippen LogP contribution in [0, 0.1) is 6.92 Å². The molecule has 1 amide bonds. The number of benzene rings is 2. The van der Waals surface area contributed by atoms with Gasteiger partial charge >= 0.3 is 6.18 Å². The Kier molecular flexibility index (Phi) is 4.52. The van der Waals surface area contributed by atoms with Crippen LogP contribution in [-0.2, 0) is 13.2 Å².